The summed E-state index contributed by atoms with van der Waals surface area (Å²) in [6.45, 7) is 1.34. The molecular weight excluding hydrogens is 347 g/mol. The van der Waals surface area contributed by atoms with E-state index in [1.807, 2.05) is 0 Å². The van der Waals surface area contributed by atoms with E-state index in [-0.39, 0.29) is 17.0 Å². The van der Waals surface area contributed by atoms with Crippen LogP contribution in [0, 0.1) is 5.82 Å². The van der Waals surface area contributed by atoms with Crippen LogP contribution in [0.2, 0.25) is 0 Å². The van der Waals surface area contributed by atoms with Gasteiger partial charge in [-0.25, -0.2) is 17.1 Å². The molecule has 0 spiro atoms. The molecule has 2 aromatic rings. The van der Waals surface area contributed by atoms with Gasteiger partial charge in [-0.1, -0.05) is 12.1 Å². The van der Waals surface area contributed by atoms with Crippen LogP contribution in [0.4, 0.5) is 10.1 Å². The van der Waals surface area contributed by atoms with Crippen LogP contribution >= 0.6 is 0 Å². The van der Waals surface area contributed by atoms with E-state index in [1.54, 1.807) is 13.0 Å². The average Bonchev–Trinajstić information content (AvgIpc) is 2.79. The molecule has 1 aliphatic heterocycles. The number of carbonyl (C=O) groups is 2. The molecule has 2 aromatic carbocycles. The summed E-state index contributed by atoms with van der Waals surface area (Å²) in [7, 11) is -4.04. The summed E-state index contributed by atoms with van der Waals surface area (Å²) >= 11 is 0. The highest BCUT2D eigenvalue weighted by molar-refractivity contribution is 7.90. The van der Waals surface area contributed by atoms with Gasteiger partial charge in [0.1, 0.15) is 17.3 Å². The van der Waals surface area contributed by atoms with E-state index in [9.17, 15) is 22.4 Å². The van der Waals surface area contributed by atoms with Gasteiger partial charge in [-0.2, -0.15) is 0 Å². The minimum Gasteiger partial charge on any atom is -0.311 e. The lowest BCUT2D eigenvalue weighted by atomic mass is 10.2. The van der Waals surface area contributed by atoms with Gasteiger partial charge in [0.15, 0.2) is 0 Å². The first kappa shape index (κ1) is 17.1. The second kappa shape index (κ2) is 6.29. The van der Waals surface area contributed by atoms with Gasteiger partial charge in [-0.15, -0.1) is 0 Å². The molecule has 0 unspecified atom stereocenters. The van der Waals surface area contributed by atoms with Crippen LogP contribution in [0.15, 0.2) is 53.4 Å². The Labute approximate surface area is 144 Å². The van der Waals surface area contributed by atoms with Gasteiger partial charge in [-0.05, 0) is 43.3 Å². The topological polar surface area (TPSA) is 74.8 Å². The number of rotatable bonds is 4. The minimum absolute atomic E-state index is 0.0557. The first-order valence-corrected chi connectivity index (χ1v) is 9.02. The van der Waals surface area contributed by atoms with Crippen LogP contribution in [-0.4, -0.2) is 37.6 Å². The molecule has 0 aliphatic carbocycles. The number of nitrogens with zero attached hydrogens (tertiary/aromatic N) is 2. The van der Waals surface area contributed by atoms with Gasteiger partial charge in [0.05, 0.1) is 5.56 Å². The standard InChI is InChI=1S/C17H15FN2O4S/c1-2-19(13-9-7-12(18)8-10-13)16(21)11-20-17(22)14-5-3-4-6-15(14)25(20,23)24/h3-10H,2,11H2,1H3. The summed E-state index contributed by atoms with van der Waals surface area (Å²) in [5, 5.41) is 0. The van der Waals surface area contributed by atoms with E-state index >= 15 is 0 Å². The van der Waals surface area contributed by atoms with Crippen molar-refractivity contribution in [2.24, 2.45) is 0 Å². The van der Waals surface area contributed by atoms with Crippen molar-refractivity contribution in [3.63, 3.8) is 0 Å². The van der Waals surface area contributed by atoms with Crippen molar-refractivity contribution in [2.45, 2.75) is 11.8 Å². The molecular formula is C17H15FN2O4S. The summed E-state index contributed by atoms with van der Waals surface area (Å²) in [5.41, 5.74) is 0.482. The molecule has 1 aliphatic rings. The molecule has 0 bridgehead atoms. The van der Waals surface area contributed by atoms with Crippen LogP contribution in [0.3, 0.4) is 0 Å². The lowest BCUT2D eigenvalue weighted by Crippen LogP contribution is -2.42. The molecule has 0 fully saturated rings. The van der Waals surface area contributed by atoms with Gasteiger partial charge in [0.25, 0.3) is 15.9 Å². The van der Waals surface area contributed by atoms with E-state index in [2.05, 4.69) is 0 Å². The molecule has 1 heterocycles. The first-order chi connectivity index (χ1) is 11.9. The Hall–Kier alpha value is -2.74. The van der Waals surface area contributed by atoms with Gasteiger partial charge >= 0.3 is 0 Å². The zero-order valence-corrected chi connectivity index (χ0v) is 14.2. The number of fused-ring (bicyclic) bond motifs is 1. The summed E-state index contributed by atoms with van der Waals surface area (Å²) in [6.07, 6.45) is 0. The van der Waals surface area contributed by atoms with Crippen LogP contribution in [0.1, 0.15) is 17.3 Å². The predicted octanol–water partition coefficient (Wildman–Crippen LogP) is 2.02. The maximum Gasteiger partial charge on any atom is 0.269 e. The molecule has 6 nitrogen and oxygen atoms in total. The second-order valence-electron chi connectivity index (χ2n) is 5.43. The zero-order valence-electron chi connectivity index (χ0n) is 13.3. The highest BCUT2D eigenvalue weighted by Gasteiger charge is 2.42. The molecule has 3 rings (SSSR count). The molecule has 25 heavy (non-hydrogen) atoms. The Kier molecular flexibility index (Phi) is 4.30. The Balaban J connectivity index is 1.88. The number of likely N-dealkylation sites (N-methyl/N-ethyl adjacent to an activating group) is 1. The first-order valence-electron chi connectivity index (χ1n) is 7.58. The van der Waals surface area contributed by atoms with Gasteiger partial charge in [0.2, 0.25) is 5.91 Å². The Bertz CT molecular complexity index is 941. The van der Waals surface area contributed by atoms with Crippen LogP contribution in [0.5, 0.6) is 0 Å². The van der Waals surface area contributed by atoms with Crippen LogP contribution in [-0.2, 0) is 14.8 Å². The van der Waals surface area contributed by atoms with E-state index in [1.165, 1.54) is 47.4 Å². The monoisotopic (exact) mass is 362 g/mol. The quantitative estimate of drug-likeness (QED) is 0.834. The Morgan fingerprint density at radius 1 is 1.12 bits per heavy atom. The lowest BCUT2D eigenvalue weighted by Gasteiger charge is -2.23. The van der Waals surface area contributed by atoms with E-state index < -0.39 is 34.2 Å². The number of hydrogen-bond donors (Lipinski definition) is 0. The van der Waals surface area contributed by atoms with E-state index in [0.717, 1.165) is 0 Å². The molecule has 0 aromatic heterocycles. The zero-order chi connectivity index (χ0) is 18.2. The number of hydrogen-bond acceptors (Lipinski definition) is 4. The number of sulfonamides is 1. The summed E-state index contributed by atoms with van der Waals surface area (Å²) in [4.78, 5) is 26.1. The minimum atomic E-state index is -4.04. The van der Waals surface area contributed by atoms with Crippen molar-refractivity contribution < 1.29 is 22.4 Å². The van der Waals surface area contributed by atoms with E-state index in [4.69, 9.17) is 0 Å². The molecule has 0 N–H and O–H groups in total. The molecule has 0 radical (unpaired) electrons. The van der Waals surface area contributed by atoms with Crippen molar-refractivity contribution in [1.29, 1.82) is 0 Å². The molecule has 0 saturated carbocycles. The third kappa shape index (κ3) is 2.89. The van der Waals surface area contributed by atoms with Gasteiger partial charge in [0, 0.05) is 12.2 Å². The van der Waals surface area contributed by atoms with Crippen molar-refractivity contribution >= 4 is 27.5 Å². The fourth-order valence-corrected chi connectivity index (χ4v) is 4.24. The summed E-state index contributed by atoms with van der Waals surface area (Å²) in [5.74, 6) is -1.74. The normalized spacial score (nSPS) is 15.1. The molecule has 8 heteroatoms. The number of halogens is 1. The second-order valence-corrected chi connectivity index (χ2v) is 7.26. The van der Waals surface area contributed by atoms with E-state index in [0.29, 0.717) is 9.99 Å². The van der Waals surface area contributed by atoms with Crippen molar-refractivity contribution in [2.75, 3.05) is 18.0 Å². The number of anilines is 1. The van der Waals surface area contributed by atoms with Crippen molar-refractivity contribution in [1.82, 2.24) is 4.31 Å². The third-order valence-electron chi connectivity index (χ3n) is 3.95. The van der Waals surface area contributed by atoms with Crippen molar-refractivity contribution in [3.05, 3.63) is 59.9 Å². The SMILES string of the molecule is CCN(C(=O)CN1C(=O)c2ccccc2S1(=O)=O)c1ccc(F)cc1. The third-order valence-corrected chi connectivity index (χ3v) is 5.73. The largest absolute Gasteiger partial charge is 0.311 e. The molecule has 0 atom stereocenters. The van der Waals surface area contributed by atoms with Crippen LogP contribution < -0.4 is 4.90 Å². The highest BCUT2D eigenvalue weighted by Crippen LogP contribution is 2.30. The highest BCUT2D eigenvalue weighted by atomic mass is 32.2. The predicted molar refractivity (Wildman–Crippen MR) is 89.1 cm³/mol. The Morgan fingerprint density at radius 2 is 1.76 bits per heavy atom. The molecule has 2 amide bonds. The average molecular weight is 362 g/mol. The molecule has 130 valence electrons. The maximum absolute atomic E-state index is 13.1. The smallest absolute Gasteiger partial charge is 0.269 e. The maximum atomic E-state index is 13.1. The number of amides is 2. The van der Waals surface area contributed by atoms with Gasteiger partial charge in [-0.3, -0.25) is 9.59 Å². The Morgan fingerprint density at radius 3 is 2.36 bits per heavy atom. The molecule has 0 saturated heterocycles. The fraction of sp³-hybridized carbons (Fsp3) is 0.176. The summed E-state index contributed by atoms with van der Waals surface area (Å²) in [6, 6.07) is 11.1. The van der Waals surface area contributed by atoms with Gasteiger partial charge < -0.3 is 4.90 Å². The fourth-order valence-electron chi connectivity index (χ4n) is 2.72. The lowest BCUT2D eigenvalue weighted by molar-refractivity contribution is -0.118. The number of carbonyl (C=O) groups excluding carboxylic acids is 2. The van der Waals surface area contributed by atoms with Crippen molar-refractivity contribution in [3.8, 4) is 0 Å². The number of benzene rings is 2. The summed E-state index contributed by atoms with van der Waals surface area (Å²) < 4.78 is 38.6. The van der Waals surface area contributed by atoms with Crippen LogP contribution in [0.25, 0.3) is 0 Å².